The number of nitrogens with zero attached hydrogens (tertiary/aromatic N) is 2. The maximum absolute atomic E-state index is 4.40. The Labute approximate surface area is 125 Å². The molecule has 0 amide bonds. The largest absolute Gasteiger partial charge is 0.310 e. The van der Waals surface area contributed by atoms with Crippen LogP contribution < -0.4 is 5.32 Å². The highest BCUT2D eigenvalue weighted by molar-refractivity contribution is 5.19. The number of rotatable bonds is 11. The molecule has 0 radical (unpaired) electrons. The van der Waals surface area contributed by atoms with Gasteiger partial charge in [-0.1, -0.05) is 51.9 Å². The van der Waals surface area contributed by atoms with Crippen LogP contribution in [0.5, 0.6) is 0 Å². The third-order valence-corrected chi connectivity index (χ3v) is 4.00. The lowest BCUT2D eigenvalue weighted by Crippen LogP contribution is -2.20. The van der Waals surface area contributed by atoms with Gasteiger partial charge in [0.25, 0.3) is 0 Å². The standard InChI is InChI=1S/C17H33N3/c1-5-6-7-8-9-10-11-12-13-18-15(2)17-14-20(4)19-16(17)3/h14-15,18H,5-13H2,1-4H3. The average molecular weight is 279 g/mol. The molecule has 1 aromatic rings. The first-order chi connectivity index (χ1) is 9.65. The molecular weight excluding hydrogens is 246 g/mol. The van der Waals surface area contributed by atoms with Gasteiger partial charge in [0.15, 0.2) is 0 Å². The SMILES string of the molecule is CCCCCCCCCCNC(C)c1cn(C)nc1C. The van der Waals surface area contributed by atoms with Crippen LogP contribution in [-0.4, -0.2) is 16.3 Å². The van der Waals surface area contributed by atoms with Crippen molar-refractivity contribution in [1.29, 1.82) is 0 Å². The second-order valence-corrected chi connectivity index (χ2v) is 5.99. The van der Waals surface area contributed by atoms with Crippen molar-refractivity contribution in [2.45, 2.75) is 78.2 Å². The fourth-order valence-corrected chi connectivity index (χ4v) is 2.73. The van der Waals surface area contributed by atoms with Gasteiger partial charge in [-0.3, -0.25) is 4.68 Å². The highest BCUT2D eigenvalue weighted by Crippen LogP contribution is 2.15. The molecule has 1 atom stereocenters. The summed E-state index contributed by atoms with van der Waals surface area (Å²) in [7, 11) is 1.99. The van der Waals surface area contributed by atoms with Gasteiger partial charge < -0.3 is 5.32 Å². The topological polar surface area (TPSA) is 29.9 Å². The Morgan fingerprint density at radius 3 is 2.25 bits per heavy atom. The van der Waals surface area contributed by atoms with Crippen molar-refractivity contribution in [3.8, 4) is 0 Å². The minimum Gasteiger partial charge on any atom is -0.310 e. The molecule has 3 nitrogen and oxygen atoms in total. The Bertz CT molecular complexity index is 357. The molecule has 0 aliphatic rings. The third kappa shape index (κ3) is 6.56. The van der Waals surface area contributed by atoms with E-state index in [1.807, 2.05) is 11.7 Å². The molecule has 0 bridgehead atoms. The number of aryl methyl sites for hydroxylation is 2. The van der Waals surface area contributed by atoms with E-state index in [-0.39, 0.29) is 0 Å². The van der Waals surface area contributed by atoms with E-state index in [2.05, 4.69) is 37.4 Å². The summed E-state index contributed by atoms with van der Waals surface area (Å²) in [5.41, 5.74) is 2.47. The van der Waals surface area contributed by atoms with Crippen molar-refractivity contribution in [1.82, 2.24) is 15.1 Å². The first-order valence-electron chi connectivity index (χ1n) is 8.38. The molecule has 1 rings (SSSR count). The molecule has 116 valence electrons. The number of hydrogen-bond donors (Lipinski definition) is 1. The van der Waals surface area contributed by atoms with E-state index in [0.29, 0.717) is 6.04 Å². The van der Waals surface area contributed by atoms with Crippen LogP contribution in [0.4, 0.5) is 0 Å². The predicted octanol–water partition coefficient (Wildman–Crippen LogP) is 4.52. The molecular formula is C17H33N3. The van der Waals surface area contributed by atoms with Crippen molar-refractivity contribution in [2.75, 3.05) is 6.54 Å². The normalized spacial score (nSPS) is 12.8. The van der Waals surface area contributed by atoms with E-state index in [9.17, 15) is 0 Å². The van der Waals surface area contributed by atoms with E-state index < -0.39 is 0 Å². The number of hydrogen-bond acceptors (Lipinski definition) is 2. The summed E-state index contributed by atoms with van der Waals surface area (Å²) in [5, 5.41) is 8.01. The minimum absolute atomic E-state index is 0.410. The van der Waals surface area contributed by atoms with Gasteiger partial charge in [0.2, 0.25) is 0 Å². The molecule has 0 spiro atoms. The predicted molar refractivity (Wildman–Crippen MR) is 87.0 cm³/mol. The molecule has 20 heavy (non-hydrogen) atoms. The van der Waals surface area contributed by atoms with Crippen molar-refractivity contribution < 1.29 is 0 Å². The van der Waals surface area contributed by atoms with Crippen molar-refractivity contribution in [2.24, 2.45) is 7.05 Å². The van der Waals surface area contributed by atoms with Gasteiger partial charge in [0, 0.05) is 24.8 Å². The van der Waals surface area contributed by atoms with Crippen LogP contribution in [0.25, 0.3) is 0 Å². The van der Waals surface area contributed by atoms with Crippen molar-refractivity contribution in [3.63, 3.8) is 0 Å². The number of aromatic nitrogens is 2. The lowest BCUT2D eigenvalue weighted by molar-refractivity contribution is 0.520. The molecule has 0 saturated carbocycles. The van der Waals surface area contributed by atoms with Crippen LogP contribution in [0.2, 0.25) is 0 Å². The van der Waals surface area contributed by atoms with Crippen LogP contribution in [0.15, 0.2) is 6.20 Å². The van der Waals surface area contributed by atoms with E-state index in [1.54, 1.807) is 0 Å². The second kappa shape index (κ2) is 9.98. The molecule has 0 aliphatic carbocycles. The summed E-state index contributed by atoms with van der Waals surface area (Å²) in [6, 6.07) is 0.410. The zero-order chi connectivity index (χ0) is 14.8. The van der Waals surface area contributed by atoms with Gasteiger partial charge in [-0.2, -0.15) is 5.10 Å². The maximum Gasteiger partial charge on any atom is 0.0641 e. The second-order valence-electron chi connectivity index (χ2n) is 5.99. The van der Waals surface area contributed by atoms with Gasteiger partial charge in [0.1, 0.15) is 0 Å². The molecule has 1 N–H and O–H groups in total. The lowest BCUT2D eigenvalue weighted by atomic mass is 10.1. The molecule has 0 aromatic carbocycles. The minimum atomic E-state index is 0.410. The Morgan fingerprint density at radius 2 is 1.70 bits per heavy atom. The van der Waals surface area contributed by atoms with Crippen LogP contribution in [-0.2, 0) is 7.05 Å². The summed E-state index contributed by atoms with van der Waals surface area (Å²) in [6.45, 7) is 7.71. The zero-order valence-corrected chi connectivity index (χ0v) is 13.9. The van der Waals surface area contributed by atoms with Crippen LogP contribution in [0, 0.1) is 6.92 Å². The van der Waals surface area contributed by atoms with Gasteiger partial charge in [0.05, 0.1) is 5.69 Å². The quantitative estimate of drug-likeness (QED) is 0.604. The highest BCUT2D eigenvalue weighted by Gasteiger charge is 2.10. The number of nitrogens with one attached hydrogen (secondary N) is 1. The molecule has 0 fully saturated rings. The Balaban J connectivity index is 2.02. The lowest BCUT2D eigenvalue weighted by Gasteiger charge is -2.12. The molecule has 1 aromatic heterocycles. The monoisotopic (exact) mass is 279 g/mol. The summed E-state index contributed by atoms with van der Waals surface area (Å²) in [5.74, 6) is 0. The van der Waals surface area contributed by atoms with Gasteiger partial charge in [-0.05, 0) is 26.8 Å². The van der Waals surface area contributed by atoms with Crippen molar-refractivity contribution in [3.05, 3.63) is 17.5 Å². The van der Waals surface area contributed by atoms with Crippen LogP contribution in [0.3, 0.4) is 0 Å². The van der Waals surface area contributed by atoms with E-state index in [0.717, 1.165) is 12.2 Å². The Morgan fingerprint density at radius 1 is 1.10 bits per heavy atom. The third-order valence-electron chi connectivity index (χ3n) is 4.00. The summed E-state index contributed by atoms with van der Waals surface area (Å²) >= 11 is 0. The molecule has 1 unspecified atom stereocenters. The first-order valence-corrected chi connectivity index (χ1v) is 8.38. The molecule has 0 saturated heterocycles. The average Bonchev–Trinajstić information content (AvgIpc) is 2.75. The van der Waals surface area contributed by atoms with Crippen LogP contribution in [0.1, 0.15) is 82.5 Å². The number of unbranched alkanes of at least 4 members (excludes halogenated alkanes) is 7. The maximum atomic E-state index is 4.40. The molecule has 0 aliphatic heterocycles. The van der Waals surface area contributed by atoms with Crippen LogP contribution >= 0.6 is 0 Å². The van der Waals surface area contributed by atoms with Gasteiger partial charge in [-0.15, -0.1) is 0 Å². The van der Waals surface area contributed by atoms with Gasteiger partial charge in [-0.25, -0.2) is 0 Å². The summed E-state index contributed by atoms with van der Waals surface area (Å²) in [4.78, 5) is 0. The van der Waals surface area contributed by atoms with Crippen molar-refractivity contribution >= 4 is 0 Å². The van der Waals surface area contributed by atoms with Gasteiger partial charge >= 0.3 is 0 Å². The zero-order valence-electron chi connectivity index (χ0n) is 13.9. The Hall–Kier alpha value is -0.830. The van der Waals surface area contributed by atoms with E-state index in [1.165, 1.54) is 56.9 Å². The smallest absolute Gasteiger partial charge is 0.0641 e. The molecule has 1 heterocycles. The summed E-state index contributed by atoms with van der Waals surface area (Å²) in [6.07, 6.45) is 13.2. The summed E-state index contributed by atoms with van der Waals surface area (Å²) < 4.78 is 1.90. The fraction of sp³-hybridized carbons (Fsp3) is 0.824. The van der Waals surface area contributed by atoms with E-state index >= 15 is 0 Å². The molecule has 3 heteroatoms. The highest BCUT2D eigenvalue weighted by atomic mass is 15.3. The fourth-order valence-electron chi connectivity index (χ4n) is 2.73. The Kier molecular flexibility index (Phi) is 8.59. The van der Waals surface area contributed by atoms with E-state index in [4.69, 9.17) is 0 Å². The first kappa shape index (κ1) is 17.2.